The molecular weight excluding hydrogens is 416 g/mol. The maximum Gasteiger partial charge on any atom is 0.249 e. The molecule has 1 atom stereocenters. The highest BCUT2D eigenvalue weighted by Gasteiger charge is 2.32. The molecule has 31 heavy (non-hydrogen) atoms. The zero-order chi connectivity index (χ0) is 22.9. The second-order valence-corrected chi connectivity index (χ2v) is 9.06. The number of rotatable bonds is 11. The first-order valence-electron chi connectivity index (χ1n) is 10.2. The highest BCUT2D eigenvalue weighted by atomic mass is 32.2. The van der Waals surface area contributed by atoms with E-state index in [4.69, 9.17) is 0 Å². The molecule has 0 aliphatic rings. The van der Waals surface area contributed by atoms with E-state index in [0.717, 1.165) is 10.8 Å². The van der Waals surface area contributed by atoms with Crippen molar-refractivity contribution >= 4 is 39.5 Å². The SMILES string of the molecule is CC(C)(CO)[C@@H](O)C(=O)NCCC(=O)NCCCSC(=O)c1ccc2ccccc2c1. The van der Waals surface area contributed by atoms with E-state index in [-0.39, 0.29) is 30.6 Å². The van der Waals surface area contributed by atoms with Crippen LogP contribution in [0.4, 0.5) is 0 Å². The summed E-state index contributed by atoms with van der Waals surface area (Å²) >= 11 is 1.22. The zero-order valence-corrected chi connectivity index (χ0v) is 18.7. The number of thioether (sulfide) groups is 1. The van der Waals surface area contributed by atoms with Crippen LogP contribution in [0, 0.1) is 5.41 Å². The van der Waals surface area contributed by atoms with Gasteiger partial charge in [0.25, 0.3) is 0 Å². The lowest BCUT2D eigenvalue weighted by molar-refractivity contribution is -0.137. The molecule has 0 radical (unpaired) electrons. The summed E-state index contributed by atoms with van der Waals surface area (Å²) < 4.78 is 0. The van der Waals surface area contributed by atoms with Gasteiger partial charge in [-0.2, -0.15) is 0 Å². The second-order valence-electron chi connectivity index (χ2n) is 7.99. The van der Waals surface area contributed by atoms with Crippen LogP contribution in [0.1, 0.15) is 37.0 Å². The van der Waals surface area contributed by atoms with Crippen LogP contribution in [0.3, 0.4) is 0 Å². The number of benzene rings is 2. The van der Waals surface area contributed by atoms with Gasteiger partial charge in [0.2, 0.25) is 16.9 Å². The van der Waals surface area contributed by atoms with E-state index in [1.807, 2.05) is 42.5 Å². The quantitative estimate of drug-likeness (QED) is 0.393. The van der Waals surface area contributed by atoms with E-state index in [9.17, 15) is 24.6 Å². The molecule has 0 spiro atoms. The predicted molar refractivity (Wildman–Crippen MR) is 123 cm³/mol. The van der Waals surface area contributed by atoms with E-state index in [1.54, 1.807) is 13.8 Å². The van der Waals surface area contributed by atoms with Crippen LogP contribution in [0.5, 0.6) is 0 Å². The van der Waals surface area contributed by atoms with Crippen LogP contribution in [0.2, 0.25) is 0 Å². The first-order chi connectivity index (χ1) is 14.7. The van der Waals surface area contributed by atoms with Gasteiger partial charge in [0, 0.05) is 36.2 Å². The first-order valence-corrected chi connectivity index (χ1v) is 11.2. The molecule has 2 aromatic rings. The van der Waals surface area contributed by atoms with Gasteiger partial charge >= 0.3 is 0 Å². The van der Waals surface area contributed by atoms with Gasteiger partial charge in [0.1, 0.15) is 6.10 Å². The maximum absolute atomic E-state index is 12.3. The van der Waals surface area contributed by atoms with Gasteiger partial charge in [-0.05, 0) is 29.3 Å². The summed E-state index contributed by atoms with van der Waals surface area (Å²) in [6.07, 6.45) is -0.620. The van der Waals surface area contributed by atoms with Crippen LogP contribution in [0.15, 0.2) is 42.5 Å². The van der Waals surface area contributed by atoms with Crippen molar-refractivity contribution in [3.63, 3.8) is 0 Å². The Morgan fingerprint density at radius 1 is 1.03 bits per heavy atom. The van der Waals surface area contributed by atoms with Crippen LogP contribution in [-0.2, 0) is 9.59 Å². The molecule has 0 aliphatic heterocycles. The molecule has 0 heterocycles. The highest BCUT2D eigenvalue weighted by molar-refractivity contribution is 8.14. The first kappa shape index (κ1) is 24.8. The predicted octanol–water partition coefficient (Wildman–Crippen LogP) is 2.11. The van der Waals surface area contributed by atoms with Crippen molar-refractivity contribution in [3.05, 3.63) is 48.0 Å². The number of carbonyl (C=O) groups is 3. The lowest BCUT2D eigenvalue weighted by Gasteiger charge is -2.27. The molecule has 0 aliphatic carbocycles. The van der Waals surface area contributed by atoms with Gasteiger partial charge in [-0.15, -0.1) is 0 Å². The fourth-order valence-electron chi connectivity index (χ4n) is 2.79. The Bertz CT molecular complexity index is 916. The van der Waals surface area contributed by atoms with Crippen LogP contribution in [-0.4, -0.2) is 58.7 Å². The summed E-state index contributed by atoms with van der Waals surface area (Å²) in [5.74, 6) is -0.247. The monoisotopic (exact) mass is 446 g/mol. The third-order valence-corrected chi connectivity index (χ3v) is 5.90. The van der Waals surface area contributed by atoms with E-state index >= 15 is 0 Å². The number of aliphatic hydroxyl groups is 2. The van der Waals surface area contributed by atoms with Gasteiger partial charge in [-0.25, -0.2) is 0 Å². The molecule has 8 heteroatoms. The molecule has 2 rings (SSSR count). The standard InChI is InChI=1S/C23H30N2O5S/c1-23(2,15-26)20(28)21(29)25-12-10-19(27)24-11-5-13-31-22(30)18-9-8-16-6-3-4-7-17(16)14-18/h3-4,6-9,14,20,26,28H,5,10-13,15H2,1-2H3,(H,24,27)(H,25,29)/t20-/m0/s1. The second kappa shape index (κ2) is 11.8. The van der Waals surface area contributed by atoms with Gasteiger partial charge in [-0.1, -0.05) is 55.9 Å². The van der Waals surface area contributed by atoms with Gasteiger partial charge in [0.05, 0.1) is 6.61 Å². The summed E-state index contributed by atoms with van der Waals surface area (Å²) in [5.41, 5.74) is -0.288. The van der Waals surface area contributed by atoms with Crippen molar-refractivity contribution in [1.29, 1.82) is 0 Å². The van der Waals surface area contributed by atoms with Crippen LogP contribution >= 0.6 is 11.8 Å². The Balaban J connectivity index is 1.61. The van der Waals surface area contributed by atoms with Crippen molar-refractivity contribution in [2.45, 2.75) is 32.8 Å². The van der Waals surface area contributed by atoms with E-state index in [0.29, 0.717) is 24.3 Å². The van der Waals surface area contributed by atoms with E-state index in [2.05, 4.69) is 10.6 Å². The fourth-order valence-corrected chi connectivity index (χ4v) is 3.56. The average molecular weight is 447 g/mol. The summed E-state index contributed by atoms with van der Waals surface area (Å²) in [6, 6.07) is 13.5. The normalized spacial score (nSPS) is 12.4. The molecule has 0 aromatic heterocycles. The minimum Gasteiger partial charge on any atom is -0.396 e. The Kier molecular flexibility index (Phi) is 9.48. The van der Waals surface area contributed by atoms with Crippen molar-refractivity contribution in [1.82, 2.24) is 10.6 Å². The highest BCUT2D eigenvalue weighted by Crippen LogP contribution is 2.20. The Morgan fingerprint density at radius 3 is 2.45 bits per heavy atom. The molecule has 7 nitrogen and oxygen atoms in total. The fraction of sp³-hybridized carbons (Fsp3) is 0.435. The third kappa shape index (κ3) is 7.65. The third-order valence-electron chi connectivity index (χ3n) is 4.91. The van der Waals surface area contributed by atoms with Crippen LogP contribution < -0.4 is 10.6 Å². The number of nitrogens with one attached hydrogen (secondary N) is 2. The van der Waals surface area contributed by atoms with Crippen molar-refractivity contribution < 1.29 is 24.6 Å². The van der Waals surface area contributed by atoms with Crippen LogP contribution in [0.25, 0.3) is 10.8 Å². The summed E-state index contributed by atoms with van der Waals surface area (Å²) in [7, 11) is 0. The number of hydrogen-bond donors (Lipinski definition) is 4. The molecule has 0 fully saturated rings. The van der Waals surface area contributed by atoms with Crippen molar-refractivity contribution in [2.75, 3.05) is 25.4 Å². The minimum absolute atomic E-state index is 0.00385. The number of hydrogen-bond acceptors (Lipinski definition) is 6. The van der Waals surface area contributed by atoms with Crippen molar-refractivity contribution in [2.24, 2.45) is 5.41 Å². The topological polar surface area (TPSA) is 116 Å². The lowest BCUT2D eigenvalue weighted by Crippen LogP contribution is -2.46. The Labute approximate surface area is 186 Å². The molecule has 0 saturated heterocycles. The molecule has 0 unspecified atom stereocenters. The molecular formula is C23H30N2O5S. The van der Waals surface area contributed by atoms with E-state index < -0.39 is 17.4 Å². The average Bonchev–Trinajstić information content (AvgIpc) is 2.77. The van der Waals surface area contributed by atoms with Gasteiger partial charge in [0.15, 0.2) is 0 Å². The minimum atomic E-state index is -1.35. The molecule has 0 saturated carbocycles. The molecule has 168 valence electrons. The number of fused-ring (bicyclic) bond motifs is 1. The van der Waals surface area contributed by atoms with Crippen molar-refractivity contribution in [3.8, 4) is 0 Å². The zero-order valence-electron chi connectivity index (χ0n) is 17.9. The number of carbonyl (C=O) groups excluding carboxylic acids is 3. The Hall–Kier alpha value is -2.42. The number of amides is 2. The molecule has 2 amide bonds. The van der Waals surface area contributed by atoms with E-state index in [1.165, 1.54) is 11.8 Å². The summed E-state index contributed by atoms with van der Waals surface area (Å²) in [5, 5.41) is 26.4. The maximum atomic E-state index is 12.3. The molecule has 2 aromatic carbocycles. The molecule has 4 N–H and O–H groups in total. The number of aliphatic hydroxyl groups excluding tert-OH is 2. The largest absolute Gasteiger partial charge is 0.396 e. The summed E-state index contributed by atoms with van der Waals surface area (Å²) in [4.78, 5) is 36.0. The Morgan fingerprint density at radius 2 is 1.74 bits per heavy atom. The van der Waals surface area contributed by atoms with Gasteiger partial charge < -0.3 is 20.8 Å². The molecule has 0 bridgehead atoms. The lowest BCUT2D eigenvalue weighted by atomic mass is 9.87. The van der Waals surface area contributed by atoms with Gasteiger partial charge in [-0.3, -0.25) is 14.4 Å². The summed E-state index contributed by atoms with van der Waals surface area (Å²) in [6.45, 7) is 3.35. The smallest absolute Gasteiger partial charge is 0.249 e.